The Labute approximate surface area is 170 Å². The Kier molecular flexibility index (Phi) is 6.93. The summed E-state index contributed by atoms with van der Waals surface area (Å²) in [6.07, 6.45) is 3.57. The van der Waals surface area contributed by atoms with Crippen molar-refractivity contribution in [2.45, 2.75) is 38.7 Å². The van der Waals surface area contributed by atoms with Crippen LogP contribution in [0.5, 0.6) is 5.75 Å². The predicted molar refractivity (Wildman–Crippen MR) is 111 cm³/mol. The summed E-state index contributed by atoms with van der Waals surface area (Å²) < 4.78 is 5.67. The first kappa shape index (κ1) is 20.2. The van der Waals surface area contributed by atoms with Crippen molar-refractivity contribution in [1.29, 1.82) is 0 Å². The molecule has 6 heteroatoms. The van der Waals surface area contributed by atoms with Crippen molar-refractivity contribution >= 4 is 29.1 Å². The quantitative estimate of drug-likeness (QED) is 0.786. The van der Waals surface area contributed by atoms with Crippen LogP contribution in [0, 0.1) is 0 Å². The van der Waals surface area contributed by atoms with Crippen molar-refractivity contribution in [2.75, 3.05) is 18.4 Å². The van der Waals surface area contributed by atoms with E-state index in [0.717, 1.165) is 38.8 Å². The number of halogens is 1. The molecule has 1 heterocycles. The van der Waals surface area contributed by atoms with Crippen LogP contribution >= 0.6 is 11.6 Å². The first-order valence-corrected chi connectivity index (χ1v) is 10.0. The van der Waals surface area contributed by atoms with Gasteiger partial charge in [-0.05, 0) is 44.0 Å². The Morgan fingerprint density at radius 1 is 1.00 bits per heavy atom. The van der Waals surface area contributed by atoms with E-state index in [1.165, 1.54) is 0 Å². The number of hydrogen-bond acceptors (Lipinski definition) is 3. The minimum Gasteiger partial charge on any atom is -0.479 e. The van der Waals surface area contributed by atoms with Gasteiger partial charge >= 0.3 is 0 Å². The normalized spacial score (nSPS) is 15.4. The Bertz CT molecular complexity index is 832. The van der Waals surface area contributed by atoms with Crippen LogP contribution in [0.4, 0.5) is 5.69 Å². The van der Waals surface area contributed by atoms with Crippen LogP contribution in [-0.4, -0.2) is 35.9 Å². The second-order valence-corrected chi connectivity index (χ2v) is 7.34. The van der Waals surface area contributed by atoms with Gasteiger partial charge in [-0.1, -0.05) is 48.7 Å². The van der Waals surface area contributed by atoms with Crippen LogP contribution in [0.3, 0.4) is 0 Å². The van der Waals surface area contributed by atoms with E-state index in [4.69, 9.17) is 16.3 Å². The second-order valence-electron chi connectivity index (χ2n) is 6.93. The van der Waals surface area contributed by atoms with E-state index in [1.54, 1.807) is 49.4 Å². The molecule has 0 unspecified atom stereocenters. The van der Waals surface area contributed by atoms with Crippen LogP contribution in [0.1, 0.15) is 43.0 Å². The molecule has 0 radical (unpaired) electrons. The molecule has 1 N–H and O–H groups in total. The molecule has 3 rings (SSSR count). The zero-order valence-electron chi connectivity index (χ0n) is 16.0. The third kappa shape index (κ3) is 5.04. The summed E-state index contributed by atoms with van der Waals surface area (Å²) in [5, 5.41) is 3.27. The molecular weight excluding hydrogens is 376 g/mol. The number of carbonyl (C=O) groups is 2. The summed E-state index contributed by atoms with van der Waals surface area (Å²) in [5.74, 6) is 0.0641. The van der Waals surface area contributed by atoms with E-state index >= 15 is 0 Å². The van der Waals surface area contributed by atoms with E-state index < -0.39 is 6.10 Å². The lowest BCUT2D eigenvalue weighted by Gasteiger charge is -2.22. The summed E-state index contributed by atoms with van der Waals surface area (Å²) in [4.78, 5) is 27.5. The van der Waals surface area contributed by atoms with Gasteiger partial charge in [0.25, 0.3) is 11.8 Å². The highest BCUT2D eigenvalue weighted by molar-refractivity contribution is 6.32. The fourth-order valence-corrected chi connectivity index (χ4v) is 3.42. The lowest BCUT2D eigenvalue weighted by molar-refractivity contribution is -0.122. The number of ether oxygens (including phenoxy) is 1. The van der Waals surface area contributed by atoms with Gasteiger partial charge in [-0.25, -0.2) is 0 Å². The van der Waals surface area contributed by atoms with Gasteiger partial charge < -0.3 is 15.0 Å². The lowest BCUT2D eigenvalue weighted by Crippen LogP contribution is -2.34. The van der Waals surface area contributed by atoms with Gasteiger partial charge in [0.2, 0.25) is 0 Å². The van der Waals surface area contributed by atoms with E-state index in [-0.39, 0.29) is 11.8 Å². The van der Waals surface area contributed by atoms with Gasteiger partial charge in [0.15, 0.2) is 6.10 Å². The molecule has 2 amide bonds. The van der Waals surface area contributed by atoms with Gasteiger partial charge in [-0.3, -0.25) is 9.59 Å². The van der Waals surface area contributed by atoms with Crippen molar-refractivity contribution in [2.24, 2.45) is 0 Å². The predicted octanol–water partition coefficient (Wildman–Crippen LogP) is 4.76. The number of nitrogens with zero attached hydrogens (tertiary/aromatic N) is 1. The number of anilines is 1. The minimum atomic E-state index is -0.763. The van der Waals surface area contributed by atoms with Crippen LogP contribution in [0.15, 0.2) is 48.5 Å². The largest absolute Gasteiger partial charge is 0.479 e. The standard InChI is InChI=1S/C22H25ClN2O3/c1-16(28-20-13-7-5-11-18(20)23)21(26)24-19-12-6-4-10-17(19)22(27)25-14-8-2-3-9-15-25/h4-7,10-13,16H,2-3,8-9,14-15H2,1H3,(H,24,26)/t16-/m1/s1. The number of amides is 2. The topological polar surface area (TPSA) is 58.6 Å². The highest BCUT2D eigenvalue weighted by Gasteiger charge is 2.22. The zero-order chi connectivity index (χ0) is 19.9. The highest BCUT2D eigenvalue weighted by Crippen LogP contribution is 2.25. The SMILES string of the molecule is C[C@@H](Oc1ccccc1Cl)C(=O)Nc1ccccc1C(=O)N1CCCCCC1. The molecule has 1 fully saturated rings. The molecule has 5 nitrogen and oxygen atoms in total. The Morgan fingerprint density at radius 2 is 1.64 bits per heavy atom. The summed E-state index contributed by atoms with van der Waals surface area (Å²) >= 11 is 6.09. The van der Waals surface area contributed by atoms with E-state index in [0.29, 0.717) is 22.0 Å². The molecule has 1 aliphatic rings. The summed E-state index contributed by atoms with van der Waals surface area (Å²) in [5.41, 5.74) is 0.999. The van der Waals surface area contributed by atoms with Crippen LogP contribution in [-0.2, 0) is 4.79 Å². The van der Waals surface area contributed by atoms with Crippen molar-refractivity contribution < 1.29 is 14.3 Å². The molecular formula is C22H25ClN2O3. The molecule has 0 spiro atoms. The van der Waals surface area contributed by atoms with Crippen molar-refractivity contribution in [3.8, 4) is 5.75 Å². The molecule has 0 aliphatic carbocycles. The molecule has 0 aromatic heterocycles. The number of para-hydroxylation sites is 2. The lowest BCUT2D eigenvalue weighted by atomic mass is 10.1. The molecule has 28 heavy (non-hydrogen) atoms. The second kappa shape index (κ2) is 9.60. The fraction of sp³-hybridized carbons (Fsp3) is 0.364. The molecule has 2 aromatic carbocycles. The van der Waals surface area contributed by atoms with Gasteiger partial charge in [0.05, 0.1) is 16.3 Å². The first-order chi connectivity index (χ1) is 13.6. The number of nitrogens with one attached hydrogen (secondary N) is 1. The molecule has 1 saturated heterocycles. The highest BCUT2D eigenvalue weighted by atomic mass is 35.5. The third-order valence-corrected chi connectivity index (χ3v) is 5.13. The van der Waals surface area contributed by atoms with Gasteiger partial charge in [0, 0.05) is 13.1 Å². The molecule has 0 saturated carbocycles. The van der Waals surface area contributed by atoms with E-state index in [9.17, 15) is 9.59 Å². The average molecular weight is 401 g/mol. The maximum atomic E-state index is 13.0. The van der Waals surface area contributed by atoms with Crippen molar-refractivity contribution in [1.82, 2.24) is 4.90 Å². The zero-order valence-corrected chi connectivity index (χ0v) is 16.7. The molecule has 1 aliphatic heterocycles. The number of rotatable bonds is 5. The van der Waals surface area contributed by atoms with Crippen molar-refractivity contribution in [3.63, 3.8) is 0 Å². The summed E-state index contributed by atoms with van der Waals surface area (Å²) in [6, 6.07) is 14.1. The monoisotopic (exact) mass is 400 g/mol. The van der Waals surface area contributed by atoms with Crippen LogP contribution in [0.25, 0.3) is 0 Å². The molecule has 0 bridgehead atoms. The molecule has 2 aromatic rings. The van der Waals surface area contributed by atoms with Crippen LogP contribution in [0.2, 0.25) is 5.02 Å². The smallest absolute Gasteiger partial charge is 0.265 e. The average Bonchev–Trinajstić information content (AvgIpc) is 2.99. The maximum Gasteiger partial charge on any atom is 0.265 e. The Hall–Kier alpha value is -2.53. The molecule has 148 valence electrons. The number of likely N-dealkylation sites (tertiary alicyclic amines) is 1. The van der Waals surface area contributed by atoms with Gasteiger partial charge in [0.1, 0.15) is 5.75 Å². The third-order valence-electron chi connectivity index (χ3n) is 4.82. The minimum absolute atomic E-state index is 0.0440. The van der Waals surface area contributed by atoms with Gasteiger partial charge in [-0.2, -0.15) is 0 Å². The first-order valence-electron chi connectivity index (χ1n) is 9.66. The number of hydrogen-bond donors (Lipinski definition) is 1. The Balaban J connectivity index is 1.71. The number of benzene rings is 2. The maximum absolute atomic E-state index is 13.0. The van der Waals surface area contributed by atoms with Crippen molar-refractivity contribution in [3.05, 3.63) is 59.1 Å². The molecule has 1 atom stereocenters. The van der Waals surface area contributed by atoms with Gasteiger partial charge in [-0.15, -0.1) is 0 Å². The Morgan fingerprint density at radius 3 is 2.36 bits per heavy atom. The summed E-state index contributed by atoms with van der Waals surface area (Å²) in [6.45, 7) is 3.16. The number of carbonyl (C=O) groups excluding carboxylic acids is 2. The van der Waals surface area contributed by atoms with E-state index in [1.807, 2.05) is 11.0 Å². The summed E-state index contributed by atoms with van der Waals surface area (Å²) in [7, 11) is 0. The fourth-order valence-electron chi connectivity index (χ4n) is 3.24. The van der Waals surface area contributed by atoms with Crippen LogP contribution < -0.4 is 10.1 Å². The van der Waals surface area contributed by atoms with E-state index in [2.05, 4.69) is 5.32 Å².